The van der Waals surface area contributed by atoms with Gasteiger partial charge in [-0.2, -0.15) is 13.2 Å². The van der Waals surface area contributed by atoms with Crippen molar-refractivity contribution in [1.82, 2.24) is 0 Å². The van der Waals surface area contributed by atoms with Crippen LogP contribution in [0.1, 0.15) is 11.1 Å². The van der Waals surface area contributed by atoms with E-state index in [1.54, 1.807) is 6.07 Å². The third kappa shape index (κ3) is 3.64. The molecule has 0 spiro atoms. The van der Waals surface area contributed by atoms with Crippen molar-refractivity contribution < 1.29 is 13.2 Å². The summed E-state index contributed by atoms with van der Waals surface area (Å²) < 4.78 is 37.1. The molecule has 2 aromatic carbocycles. The highest BCUT2D eigenvalue weighted by atomic mass is 19.4. The minimum atomic E-state index is -4.30. The Hall–Kier alpha value is -2.17. The summed E-state index contributed by atoms with van der Waals surface area (Å²) in [6, 6.07) is 12.3. The molecule has 2 rings (SSSR count). The maximum absolute atomic E-state index is 12.4. The molecule has 0 amide bonds. The molecule has 3 N–H and O–H groups in total. The molecule has 0 aliphatic rings. The van der Waals surface area contributed by atoms with Crippen LogP contribution in [0.15, 0.2) is 48.5 Å². The number of anilines is 2. The van der Waals surface area contributed by atoms with Crippen LogP contribution >= 0.6 is 0 Å². The number of benzene rings is 2. The Kier molecular flexibility index (Phi) is 3.64. The van der Waals surface area contributed by atoms with Gasteiger partial charge in [-0.05, 0) is 42.0 Å². The average Bonchev–Trinajstić information content (AvgIpc) is 2.36. The summed E-state index contributed by atoms with van der Waals surface area (Å²) in [5.74, 6) is 0. The molecule has 2 aromatic rings. The van der Waals surface area contributed by atoms with E-state index >= 15 is 0 Å². The minimum Gasteiger partial charge on any atom is -0.399 e. The number of nitrogen functional groups attached to an aromatic ring is 1. The standard InChI is InChI=1S/C14H13F3N2/c15-14(16,17)11-4-6-13(7-5-11)19-9-10-2-1-3-12(18)8-10/h1-8,19H,9,18H2. The third-order valence-corrected chi connectivity index (χ3v) is 2.66. The average molecular weight is 266 g/mol. The van der Waals surface area contributed by atoms with Crippen LogP contribution in [0.5, 0.6) is 0 Å². The lowest BCUT2D eigenvalue weighted by Crippen LogP contribution is -2.05. The number of hydrogen-bond donors (Lipinski definition) is 2. The zero-order valence-corrected chi connectivity index (χ0v) is 10.0. The Labute approximate surface area is 109 Å². The van der Waals surface area contributed by atoms with E-state index in [1.807, 2.05) is 18.2 Å². The van der Waals surface area contributed by atoms with E-state index in [9.17, 15) is 13.2 Å². The molecule has 0 aliphatic carbocycles. The number of halogens is 3. The number of nitrogens with one attached hydrogen (secondary N) is 1. The van der Waals surface area contributed by atoms with Gasteiger partial charge in [0.05, 0.1) is 5.56 Å². The first kappa shape index (κ1) is 13.3. The fraction of sp³-hybridized carbons (Fsp3) is 0.143. The SMILES string of the molecule is Nc1cccc(CNc2ccc(C(F)(F)F)cc2)c1. The smallest absolute Gasteiger partial charge is 0.399 e. The second-order valence-corrected chi connectivity index (χ2v) is 4.17. The van der Waals surface area contributed by atoms with Crippen molar-refractivity contribution in [2.45, 2.75) is 12.7 Å². The minimum absolute atomic E-state index is 0.510. The summed E-state index contributed by atoms with van der Waals surface area (Å²) in [6.07, 6.45) is -4.30. The van der Waals surface area contributed by atoms with E-state index in [0.717, 1.165) is 17.7 Å². The Morgan fingerprint density at radius 1 is 1.00 bits per heavy atom. The van der Waals surface area contributed by atoms with Crippen LogP contribution in [0.4, 0.5) is 24.5 Å². The lowest BCUT2D eigenvalue weighted by molar-refractivity contribution is -0.137. The van der Waals surface area contributed by atoms with Gasteiger partial charge in [-0.3, -0.25) is 0 Å². The lowest BCUT2D eigenvalue weighted by Gasteiger charge is -2.10. The Bertz CT molecular complexity index is 547. The Morgan fingerprint density at radius 3 is 2.26 bits per heavy atom. The second-order valence-electron chi connectivity index (χ2n) is 4.17. The maximum atomic E-state index is 12.4. The Morgan fingerprint density at radius 2 is 1.68 bits per heavy atom. The third-order valence-electron chi connectivity index (χ3n) is 2.66. The molecule has 0 atom stereocenters. The van der Waals surface area contributed by atoms with E-state index in [4.69, 9.17) is 5.73 Å². The number of rotatable bonds is 3. The van der Waals surface area contributed by atoms with Crippen molar-refractivity contribution >= 4 is 11.4 Å². The number of nitrogens with two attached hydrogens (primary N) is 1. The highest BCUT2D eigenvalue weighted by Gasteiger charge is 2.29. The van der Waals surface area contributed by atoms with Crippen molar-refractivity contribution in [1.29, 1.82) is 0 Å². The number of alkyl halides is 3. The molecular formula is C14H13F3N2. The van der Waals surface area contributed by atoms with Gasteiger partial charge in [0.1, 0.15) is 0 Å². The van der Waals surface area contributed by atoms with Crippen LogP contribution in [-0.4, -0.2) is 0 Å². The molecular weight excluding hydrogens is 253 g/mol. The van der Waals surface area contributed by atoms with Gasteiger partial charge in [-0.1, -0.05) is 12.1 Å². The summed E-state index contributed by atoms with van der Waals surface area (Å²) in [4.78, 5) is 0. The van der Waals surface area contributed by atoms with Crippen LogP contribution in [-0.2, 0) is 12.7 Å². The van der Waals surface area contributed by atoms with Crippen LogP contribution in [0.3, 0.4) is 0 Å². The summed E-state index contributed by atoms with van der Waals surface area (Å²) in [6.45, 7) is 0.510. The molecule has 0 aliphatic heterocycles. The molecule has 2 nitrogen and oxygen atoms in total. The zero-order valence-electron chi connectivity index (χ0n) is 10.0. The molecule has 0 heterocycles. The predicted octanol–water partition coefficient (Wildman–Crippen LogP) is 3.90. The molecule has 0 saturated heterocycles. The predicted molar refractivity (Wildman–Crippen MR) is 69.6 cm³/mol. The fourth-order valence-corrected chi connectivity index (χ4v) is 1.68. The summed E-state index contributed by atoms with van der Waals surface area (Å²) in [5, 5.41) is 3.04. The summed E-state index contributed by atoms with van der Waals surface area (Å²) in [5.41, 5.74) is 7.26. The van der Waals surface area contributed by atoms with Crippen LogP contribution < -0.4 is 11.1 Å². The fourth-order valence-electron chi connectivity index (χ4n) is 1.68. The first-order chi connectivity index (χ1) is 8.95. The zero-order chi connectivity index (χ0) is 13.9. The van der Waals surface area contributed by atoms with Crippen LogP contribution in [0.25, 0.3) is 0 Å². The Balaban J connectivity index is 2.01. The normalized spacial score (nSPS) is 11.3. The number of hydrogen-bond acceptors (Lipinski definition) is 2. The van der Waals surface area contributed by atoms with Gasteiger partial charge in [-0.15, -0.1) is 0 Å². The topological polar surface area (TPSA) is 38.0 Å². The molecule has 5 heteroatoms. The quantitative estimate of drug-likeness (QED) is 0.827. The van der Waals surface area contributed by atoms with Crippen molar-refractivity contribution in [3.63, 3.8) is 0 Å². The largest absolute Gasteiger partial charge is 0.416 e. The van der Waals surface area contributed by atoms with E-state index in [1.165, 1.54) is 12.1 Å². The maximum Gasteiger partial charge on any atom is 0.416 e. The van der Waals surface area contributed by atoms with Gasteiger partial charge >= 0.3 is 6.18 Å². The van der Waals surface area contributed by atoms with Gasteiger partial charge in [0, 0.05) is 17.9 Å². The highest BCUT2D eigenvalue weighted by Crippen LogP contribution is 2.29. The van der Waals surface area contributed by atoms with Gasteiger partial charge in [-0.25, -0.2) is 0 Å². The van der Waals surface area contributed by atoms with Crippen LogP contribution in [0, 0.1) is 0 Å². The lowest BCUT2D eigenvalue weighted by atomic mass is 10.1. The molecule has 0 saturated carbocycles. The van der Waals surface area contributed by atoms with Crippen molar-refractivity contribution in [3.8, 4) is 0 Å². The highest BCUT2D eigenvalue weighted by molar-refractivity contribution is 5.47. The van der Waals surface area contributed by atoms with Gasteiger partial charge in [0.2, 0.25) is 0 Å². The van der Waals surface area contributed by atoms with Crippen molar-refractivity contribution in [2.75, 3.05) is 11.1 Å². The van der Waals surface area contributed by atoms with Gasteiger partial charge < -0.3 is 11.1 Å². The van der Waals surface area contributed by atoms with E-state index in [2.05, 4.69) is 5.32 Å². The molecule has 0 aromatic heterocycles. The van der Waals surface area contributed by atoms with Crippen LogP contribution in [0.2, 0.25) is 0 Å². The molecule has 0 bridgehead atoms. The van der Waals surface area contributed by atoms with Crippen molar-refractivity contribution in [3.05, 3.63) is 59.7 Å². The molecule has 100 valence electrons. The van der Waals surface area contributed by atoms with E-state index in [0.29, 0.717) is 17.9 Å². The first-order valence-corrected chi connectivity index (χ1v) is 5.71. The van der Waals surface area contributed by atoms with Crippen molar-refractivity contribution in [2.24, 2.45) is 0 Å². The molecule has 0 fully saturated rings. The molecule has 19 heavy (non-hydrogen) atoms. The monoisotopic (exact) mass is 266 g/mol. The van der Waals surface area contributed by atoms with E-state index < -0.39 is 11.7 Å². The van der Waals surface area contributed by atoms with Gasteiger partial charge in [0.15, 0.2) is 0 Å². The summed E-state index contributed by atoms with van der Waals surface area (Å²) >= 11 is 0. The summed E-state index contributed by atoms with van der Waals surface area (Å²) in [7, 11) is 0. The second kappa shape index (κ2) is 5.22. The molecule has 0 unspecified atom stereocenters. The van der Waals surface area contributed by atoms with E-state index in [-0.39, 0.29) is 0 Å². The van der Waals surface area contributed by atoms with Gasteiger partial charge in [0.25, 0.3) is 0 Å². The first-order valence-electron chi connectivity index (χ1n) is 5.71. The molecule has 0 radical (unpaired) electrons.